The number of imidazole rings is 1. The molecule has 0 bridgehead atoms. The van der Waals surface area contributed by atoms with Crippen molar-refractivity contribution >= 4 is 0 Å². The van der Waals surface area contributed by atoms with Crippen molar-refractivity contribution in [2.75, 3.05) is 0 Å². The van der Waals surface area contributed by atoms with Crippen LogP contribution in [0.3, 0.4) is 0 Å². The zero-order chi connectivity index (χ0) is 6.91. The average molecular weight is 98.1 g/mol. The van der Waals surface area contributed by atoms with Gasteiger partial charge in [-0.1, -0.05) is 0 Å². The summed E-state index contributed by atoms with van der Waals surface area (Å²) in [7, 11) is 0. The molecule has 0 N–H and O–H groups in total. The Morgan fingerprint density at radius 2 is 2.86 bits per heavy atom. The second-order valence-corrected chi connectivity index (χ2v) is 1.19. The van der Waals surface area contributed by atoms with Crippen LogP contribution >= 0.6 is 0 Å². The fourth-order valence-corrected chi connectivity index (χ4v) is 0.391. The summed E-state index contributed by atoms with van der Waals surface area (Å²) >= 11 is 0. The summed E-state index contributed by atoms with van der Waals surface area (Å²) < 4.78 is 15.8. The maximum absolute atomic E-state index is 7.18. The van der Waals surface area contributed by atoms with E-state index in [1.165, 1.54) is 17.8 Å². The normalized spacial score (nSPS) is 15.6. The van der Waals surface area contributed by atoms with E-state index >= 15 is 0 Å². The number of nitrogens with zero attached hydrogens (tertiary/aromatic N) is 2. The van der Waals surface area contributed by atoms with Gasteiger partial charge in [0.1, 0.15) is 0 Å². The number of hydrogen-bond donors (Lipinski definition) is 0. The summed E-state index contributed by atoms with van der Waals surface area (Å²) in [6, 6.07) is 0. The van der Waals surface area contributed by atoms with Gasteiger partial charge in [0.25, 0.3) is 0 Å². The van der Waals surface area contributed by atoms with Gasteiger partial charge in [-0.2, -0.15) is 0 Å². The van der Waals surface area contributed by atoms with Crippen LogP contribution in [0, 0.1) is 0 Å². The molecule has 0 fully saturated rings. The lowest BCUT2D eigenvalue weighted by Crippen LogP contribution is -1.85. The first kappa shape index (κ1) is 2.50. The number of aromatic nitrogens is 2. The molecule has 0 aliphatic rings. The van der Waals surface area contributed by atoms with Gasteiger partial charge in [0, 0.05) is 21.6 Å². The van der Waals surface area contributed by atoms with E-state index in [0.717, 1.165) is 0 Å². The van der Waals surface area contributed by atoms with Gasteiger partial charge >= 0.3 is 0 Å². The fraction of sp³-hybridized carbons (Fsp3) is 0.400. The Kier molecular flexibility index (Phi) is 0.635. The zero-order valence-corrected chi connectivity index (χ0v) is 4.13. The third kappa shape index (κ3) is 0.796. The van der Waals surface area contributed by atoms with Crippen molar-refractivity contribution in [3.05, 3.63) is 18.7 Å². The van der Waals surface area contributed by atoms with Crippen LogP contribution in [-0.2, 0) is 6.50 Å². The molecule has 0 saturated carbocycles. The number of aryl methyl sites for hydroxylation is 1. The molecule has 1 aromatic heterocycles. The summed E-state index contributed by atoms with van der Waals surface area (Å²) in [5.74, 6) is 0. The first-order valence-electron chi connectivity index (χ1n) is 3.09. The van der Waals surface area contributed by atoms with E-state index in [4.69, 9.17) is 2.74 Å². The van der Waals surface area contributed by atoms with Crippen LogP contribution in [-0.4, -0.2) is 9.55 Å². The minimum absolute atomic E-state index is 1.32. The van der Waals surface area contributed by atoms with Crippen molar-refractivity contribution in [2.45, 2.75) is 13.4 Å². The van der Waals surface area contributed by atoms with Gasteiger partial charge in [-0.25, -0.2) is 4.98 Å². The molecule has 0 aliphatic heterocycles. The Balaban J connectivity index is 2.90. The maximum atomic E-state index is 7.18. The second kappa shape index (κ2) is 1.78. The molecule has 1 aromatic rings. The highest BCUT2D eigenvalue weighted by Crippen LogP contribution is 1.81. The predicted octanol–water partition coefficient (Wildman–Crippen LogP) is 0.903. The molecule has 7 heavy (non-hydrogen) atoms. The van der Waals surface area contributed by atoms with Crippen LogP contribution in [0.1, 0.15) is 9.67 Å². The van der Waals surface area contributed by atoms with E-state index in [1.54, 1.807) is 12.4 Å². The second-order valence-electron chi connectivity index (χ2n) is 1.19. The Morgan fingerprint density at radius 1 is 2.00 bits per heavy atom. The molecule has 38 valence electrons. The number of hydrogen-bond acceptors (Lipinski definition) is 1. The maximum Gasteiger partial charge on any atom is 0.0945 e. The Labute approximate surface area is 45.6 Å². The highest BCUT2D eigenvalue weighted by Gasteiger charge is 1.77. The molecule has 0 unspecified atom stereocenters. The summed E-state index contributed by atoms with van der Waals surface area (Å²) in [6.45, 7) is 0.158. The van der Waals surface area contributed by atoms with Crippen molar-refractivity contribution in [1.29, 1.82) is 0 Å². The van der Waals surface area contributed by atoms with E-state index < -0.39 is 6.50 Å². The number of rotatable bonds is 1. The van der Waals surface area contributed by atoms with Crippen LogP contribution in [0.15, 0.2) is 18.7 Å². The topological polar surface area (TPSA) is 17.8 Å². The largest absolute Gasteiger partial charge is 0.338 e. The van der Waals surface area contributed by atoms with Gasteiger partial charge in [0.15, 0.2) is 0 Å². The Bertz CT molecular complexity index is 175. The summed E-state index contributed by atoms with van der Waals surface area (Å²) in [6.07, 6.45) is 4.61. The molecule has 0 amide bonds. The van der Waals surface area contributed by atoms with Gasteiger partial charge in [-0.05, 0) is 6.92 Å². The van der Waals surface area contributed by atoms with Gasteiger partial charge in [-0.15, -0.1) is 0 Å². The molecular formula is C5H8N2. The minimum atomic E-state index is -1.32. The molecule has 1 rings (SSSR count). The van der Waals surface area contributed by atoms with Crippen LogP contribution in [0.4, 0.5) is 0 Å². The van der Waals surface area contributed by atoms with Gasteiger partial charge < -0.3 is 4.57 Å². The first-order chi connectivity index (χ1) is 4.11. The standard InChI is InChI=1S/C5H8N2/c1-2-7-4-3-6-5-7/h3-5H,2H2,1H3/i2D2. The van der Waals surface area contributed by atoms with Gasteiger partial charge in [0.2, 0.25) is 0 Å². The van der Waals surface area contributed by atoms with Gasteiger partial charge in [0.05, 0.1) is 6.33 Å². The van der Waals surface area contributed by atoms with Crippen LogP contribution in [0.25, 0.3) is 0 Å². The molecule has 1 heterocycles. The van der Waals surface area contributed by atoms with Crippen molar-refractivity contribution in [2.24, 2.45) is 0 Å². The van der Waals surface area contributed by atoms with Crippen LogP contribution in [0.2, 0.25) is 0 Å². The molecular weight excluding hydrogens is 88.1 g/mol. The van der Waals surface area contributed by atoms with E-state index in [-0.39, 0.29) is 0 Å². The molecule has 2 nitrogen and oxygen atoms in total. The van der Waals surface area contributed by atoms with E-state index in [9.17, 15) is 0 Å². The fourth-order valence-electron chi connectivity index (χ4n) is 0.391. The predicted molar refractivity (Wildman–Crippen MR) is 27.9 cm³/mol. The summed E-state index contributed by atoms with van der Waals surface area (Å²) in [4.78, 5) is 3.71. The zero-order valence-electron chi connectivity index (χ0n) is 6.13. The first-order valence-corrected chi connectivity index (χ1v) is 2.09. The lowest BCUT2D eigenvalue weighted by Gasteiger charge is -1.87. The van der Waals surface area contributed by atoms with Crippen LogP contribution in [0.5, 0.6) is 0 Å². The van der Waals surface area contributed by atoms with Crippen molar-refractivity contribution in [3.8, 4) is 0 Å². The monoisotopic (exact) mass is 98.1 g/mol. The smallest absolute Gasteiger partial charge is 0.0945 e. The van der Waals surface area contributed by atoms with E-state index in [2.05, 4.69) is 4.98 Å². The minimum Gasteiger partial charge on any atom is -0.338 e. The summed E-state index contributed by atoms with van der Waals surface area (Å²) in [5, 5.41) is 0. The quantitative estimate of drug-likeness (QED) is 0.510. The van der Waals surface area contributed by atoms with E-state index in [0.29, 0.717) is 0 Å². The van der Waals surface area contributed by atoms with E-state index in [1.807, 2.05) is 0 Å². The van der Waals surface area contributed by atoms with Crippen molar-refractivity contribution in [3.63, 3.8) is 0 Å². The lowest BCUT2D eigenvalue weighted by atomic mass is 10.7. The molecule has 0 aromatic carbocycles. The lowest BCUT2D eigenvalue weighted by molar-refractivity contribution is 0.761. The average Bonchev–Trinajstić information content (AvgIpc) is 2.08. The van der Waals surface area contributed by atoms with Crippen molar-refractivity contribution < 1.29 is 2.74 Å². The summed E-state index contributed by atoms with van der Waals surface area (Å²) in [5.41, 5.74) is 0. The molecule has 0 aliphatic carbocycles. The third-order valence-electron chi connectivity index (χ3n) is 0.763. The highest BCUT2D eigenvalue weighted by molar-refractivity contribution is 4.72. The Morgan fingerprint density at radius 3 is 3.14 bits per heavy atom. The third-order valence-corrected chi connectivity index (χ3v) is 0.763. The Hall–Kier alpha value is -0.790. The molecule has 0 atom stereocenters. The van der Waals surface area contributed by atoms with Crippen LogP contribution < -0.4 is 0 Å². The molecule has 0 saturated heterocycles. The van der Waals surface area contributed by atoms with Gasteiger partial charge in [-0.3, -0.25) is 0 Å². The SMILES string of the molecule is [2H]C([2H])(C)n1ccnc1. The molecule has 0 radical (unpaired) electrons. The molecule has 0 spiro atoms. The molecule has 2 heteroatoms. The van der Waals surface area contributed by atoms with Crippen molar-refractivity contribution in [1.82, 2.24) is 9.55 Å². The highest BCUT2D eigenvalue weighted by atomic mass is 15.0.